The van der Waals surface area contributed by atoms with Crippen molar-refractivity contribution in [3.05, 3.63) is 22.2 Å². The number of Topliss-reactive ketones (excluding diaryl/α,β-unsaturated/α-hetero) is 1. The number of β-amino-alcohol motifs (C(OH)–C–C–N with tert-alkyl or cyclic N) is 1. The van der Waals surface area contributed by atoms with Gasteiger partial charge in [-0.15, -0.1) is 0 Å². The van der Waals surface area contributed by atoms with Gasteiger partial charge in [0.1, 0.15) is 0 Å². The van der Waals surface area contributed by atoms with Crippen molar-refractivity contribution in [2.24, 2.45) is 5.92 Å². The van der Waals surface area contributed by atoms with E-state index < -0.39 is 11.7 Å². The summed E-state index contributed by atoms with van der Waals surface area (Å²) < 4.78 is 0.767. The highest BCUT2D eigenvalue weighted by atomic mass is 79.9. The van der Waals surface area contributed by atoms with Crippen molar-refractivity contribution in [3.63, 3.8) is 0 Å². The molecule has 3 rings (SSSR count). The fourth-order valence-electron chi connectivity index (χ4n) is 2.66. The lowest BCUT2D eigenvalue weighted by Crippen LogP contribution is -2.43. The van der Waals surface area contributed by atoms with Crippen LogP contribution < -0.4 is 10.2 Å². The zero-order chi connectivity index (χ0) is 14.4. The summed E-state index contributed by atoms with van der Waals surface area (Å²) in [6, 6.07) is 3.47. The molecule has 20 heavy (non-hydrogen) atoms. The molecule has 0 aliphatic carbocycles. The van der Waals surface area contributed by atoms with E-state index in [0.717, 1.165) is 23.1 Å². The fourth-order valence-corrected chi connectivity index (χ4v) is 3.26. The van der Waals surface area contributed by atoms with Gasteiger partial charge in [0.15, 0.2) is 0 Å². The van der Waals surface area contributed by atoms with Crippen molar-refractivity contribution >= 4 is 39.0 Å². The molecule has 106 valence electrons. The summed E-state index contributed by atoms with van der Waals surface area (Å²) >= 11 is 3.45. The monoisotopic (exact) mass is 338 g/mol. The van der Waals surface area contributed by atoms with Crippen LogP contribution in [0, 0.1) is 5.92 Å². The zero-order valence-corrected chi connectivity index (χ0v) is 12.6. The first-order chi connectivity index (χ1) is 9.47. The lowest BCUT2D eigenvalue weighted by atomic mass is 9.95. The number of rotatable bonds is 1. The largest absolute Gasteiger partial charge is 0.391 e. The van der Waals surface area contributed by atoms with Gasteiger partial charge in [-0.2, -0.15) is 0 Å². The number of benzene rings is 1. The summed E-state index contributed by atoms with van der Waals surface area (Å²) in [5.74, 6) is -0.795. The normalized spacial score (nSPS) is 25.6. The van der Waals surface area contributed by atoms with Gasteiger partial charge in [0.25, 0.3) is 11.7 Å². The molecule has 5 nitrogen and oxygen atoms in total. The molecule has 2 aliphatic rings. The molecule has 1 aromatic rings. The topological polar surface area (TPSA) is 69.6 Å². The number of piperidine rings is 1. The van der Waals surface area contributed by atoms with Gasteiger partial charge in [0.2, 0.25) is 0 Å². The van der Waals surface area contributed by atoms with Gasteiger partial charge < -0.3 is 15.3 Å². The molecule has 0 radical (unpaired) electrons. The molecule has 2 aliphatic heterocycles. The van der Waals surface area contributed by atoms with Gasteiger partial charge in [0.05, 0.1) is 23.0 Å². The van der Waals surface area contributed by atoms with E-state index in [1.165, 1.54) is 0 Å². The molecule has 2 N–H and O–H groups in total. The highest BCUT2D eigenvalue weighted by molar-refractivity contribution is 9.10. The summed E-state index contributed by atoms with van der Waals surface area (Å²) in [4.78, 5) is 25.1. The Hall–Kier alpha value is -1.40. The second kappa shape index (κ2) is 4.86. The zero-order valence-electron chi connectivity index (χ0n) is 11.0. The summed E-state index contributed by atoms with van der Waals surface area (Å²) in [5.41, 5.74) is 1.84. The van der Waals surface area contributed by atoms with E-state index in [1.54, 1.807) is 12.1 Å². The molecule has 0 spiro atoms. The van der Waals surface area contributed by atoms with Crippen LogP contribution in [0.3, 0.4) is 0 Å². The SMILES string of the molecule is CC1CCN(c2cc3c(cc2Br)C(=O)C(=O)N3)CC1O. The van der Waals surface area contributed by atoms with E-state index in [9.17, 15) is 14.7 Å². The molecule has 0 bridgehead atoms. The van der Waals surface area contributed by atoms with Crippen molar-refractivity contribution in [3.8, 4) is 0 Å². The first-order valence-electron chi connectivity index (χ1n) is 6.59. The summed E-state index contributed by atoms with van der Waals surface area (Å²) in [7, 11) is 0. The number of aliphatic hydroxyl groups is 1. The van der Waals surface area contributed by atoms with Crippen LogP contribution in [0.4, 0.5) is 11.4 Å². The Morgan fingerprint density at radius 2 is 2.15 bits per heavy atom. The van der Waals surface area contributed by atoms with Gasteiger partial charge in [-0.25, -0.2) is 0 Å². The van der Waals surface area contributed by atoms with Crippen LogP contribution in [0.5, 0.6) is 0 Å². The third-order valence-corrected chi connectivity index (χ3v) is 4.68. The van der Waals surface area contributed by atoms with Gasteiger partial charge in [0, 0.05) is 17.6 Å². The molecule has 1 aromatic carbocycles. The lowest BCUT2D eigenvalue weighted by Gasteiger charge is -2.36. The standard InChI is InChI=1S/C14H15BrN2O3/c1-7-2-3-17(6-12(7)18)11-5-10-8(4-9(11)15)13(19)14(20)16-10/h4-5,7,12,18H,2-3,6H2,1H3,(H,16,19,20). The first-order valence-corrected chi connectivity index (χ1v) is 7.39. The fraction of sp³-hybridized carbons (Fsp3) is 0.429. The second-order valence-electron chi connectivity index (χ2n) is 5.41. The van der Waals surface area contributed by atoms with Crippen LogP contribution in [-0.2, 0) is 4.79 Å². The Labute approximate surface area is 125 Å². The number of ketones is 1. The molecule has 2 unspecified atom stereocenters. The van der Waals surface area contributed by atoms with Crippen LogP contribution in [0.2, 0.25) is 0 Å². The Kier molecular flexibility index (Phi) is 3.30. The molecule has 0 aromatic heterocycles. The molecule has 1 amide bonds. The average molecular weight is 339 g/mol. The third kappa shape index (κ3) is 2.13. The van der Waals surface area contributed by atoms with Gasteiger partial charge in [-0.05, 0) is 40.4 Å². The number of carbonyl (C=O) groups is 2. The van der Waals surface area contributed by atoms with Crippen molar-refractivity contribution in [2.75, 3.05) is 23.3 Å². The van der Waals surface area contributed by atoms with Crippen LogP contribution >= 0.6 is 15.9 Å². The molecular weight excluding hydrogens is 324 g/mol. The van der Waals surface area contributed by atoms with Crippen LogP contribution in [0.1, 0.15) is 23.7 Å². The maximum absolute atomic E-state index is 11.6. The van der Waals surface area contributed by atoms with E-state index in [2.05, 4.69) is 26.1 Å². The van der Waals surface area contributed by atoms with E-state index in [1.807, 2.05) is 6.92 Å². The summed E-state index contributed by atoms with van der Waals surface area (Å²) in [6.45, 7) is 3.44. The molecule has 6 heteroatoms. The molecule has 1 saturated heterocycles. The van der Waals surface area contributed by atoms with Crippen LogP contribution in [0.15, 0.2) is 16.6 Å². The quantitative estimate of drug-likeness (QED) is 0.766. The van der Waals surface area contributed by atoms with Crippen molar-refractivity contribution in [2.45, 2.75) is 19.4 Å². The minimum Gasteiger partial charge on any atom is -0.391 e. The van der Waals surface area contributed by atoms with Crippen molar-refractivity contribution < 1.29 is 14.7 Å². The maximum atomic E-state index is 11.6. The molecule has 0 saturated carbocycles. The molecule has 1 fully saturated rings. The number of nitrogens with one attached hydrogen (secondary N) is 1. The number of anilines is 2. The number of hydrogen-bond donors (Lipinski definition) is 2. The predicted octanol–water partition coefficient (Wildman–Crippen LogP) is 1.79. The summed E-state index contributed by atoms with van der Waals surface area (Å²) in [5, 5.41) is 12.6. The highest BCUT2D eigenvalue weighted by Gasteiger charge is 2.31. The van der Waals surface area contributed by atoms with E-state index in [0.29, 0.717) is 23.7 Å². The average Bonchev–Trinajstić information content (AvgIpc) is 2.68. The van der Waals surface area contributed by atoms with Gasteiger partial charge in [-0.1, -0.05) is 6.92 Å². The smallest absolute Gasteiger partial charge is 0.296 e. The summed E-state index contributed by atoms with van der Waals surface area (Å²) in [6.07, 6.45) is 0.552. The minimum atomic E-state index is -0.587. The Bertz CT molecular complexity index is 602. The highest BCUT2D eigenvalue weighted by Crippen LogP contribution is 2.36. The lowest BCUT2D eigenvalue weighted by molar-refractivity contribution is -0.112. The first kappa shape index (κ1) is 13.6. The Balaban J connectivity index is 1.94. The Morgan fingerprint density at radius 1 is 1.40 bits per heavy atom. The number of halogens is 1. The van der Waals surface area contributed by atoms with Crippen LogP contribution in [-0.4, -0.2) is 36.0 Å². The number of fused-ring (bicyclic) bond motifs is 1. The molecule has 2 atom stereocenters. The third-order valence-electron chi connectivity index (χ3n) is 4.05. The predicted molar refractivity (Wildman–Crippen MR) is 79.1 cm³/mol. The van der Waals surface area contributed by atoms with Crippen molar-refractivity contribution in [1.82, 2.24) is 0 Å². The Morgan fingerprint density at radius 3 is 2.85 bits per heavy atom. The van der Waals surface area contributed by atoms with Gasteiger partial charge >= 0.3 is 0 Å². The molecular formula is C14H15BrN2O3. The minimum absolute atomic E-state index is 0.292. The number of hydrogen-bond acceptors (Lipinski definition) is 4. The maximum Gasteiger partial charge on any atom is 0.296 e. The second-order valence-corrected chi connectivity index (χ2v) is 6.27. The van der Waals surface area contributed by atoms with Gasteiger partial charge in [-0.3, -0.25) is 9.59 Å². The number of amides is 1. The van der Waals surface area contributed by atoms with Crippen LogP contribution in [0.25, 0.3) is 0 Å². The van der Waals surface area contributed by atoms with E-state index in [4.69, 9.17) is 0 Å². The van der Waals surface area contributed by atoms with E-state index in [-0.39, 0.29) is 6.10 Å². The number of aliphatic hydroxyl groups excluding tert-OH is 1. The van der Waals surface area contributed by atoms with Crippen molar-refractivity contribution in [1.29, 1.82) is 0 Å². The molecule has 2 heterocycles. The van der Waals surface area contributed by atoms with E-state index >= 15 is 0 Å². The number of carbonyl (C=O) groups excluding carboxylic acids is 2. The number of nitrogens with zero attached hydrogens (tertiary/aromatic N) is 1.